The first-order valence-electron chi connectivity index (χ1n) is 10.1. The molecule has 0 atom stereocenters. The summed E-state index contributed by atoms with van der Waals surface area (Å²) in [5.41, 5.74) is 2.63. The van der Waals surface area contributed by atoms with Gasteiger partial charge in [0, 0.05) is 14.1 Å². The summed E-state index contributed by atoms with van der Waals surface area (Å²) >= 11 is 1.37. The van der Waals surface area contributed by atoms with Gasteiger partial charge in [-0.05, 0) is 49.2 Å². The summed E-state index contributed by atoms with van der Waals surface area (Å²) in [7, 11) is 3.48. The molecule has 32 heavy (non-hydrogen) atoms. The fourth-order valence-electron chi connectivity index (χ4n) is 3.48. The Morgan fingerprint density at radius 1 is 1.22 bits per heavy atom. The zero-order valence-electron chi connectivity index (χ0n) is 18.1. The van der Waals surface area contributed by atoms with Crippen LogP contribution < -0.4 is 4.74 Å². The number of ether oxygens (including phenoxy) is 1. The first-order chi connectivity index (χ1) is 15.4. The van der Waals surface area contributed by atoms with Crippen molar-refractivity contribution in [1.82, 2.24) is 24.5 Å². The second kappa shape index (κ2) is 7.76. The van der Waals surface area contributed by atoms with Crippen LogP contribution in [-0.2, 0) is 6.61 Å². The van der Waals surface area contributed by atoms with Crippen LogP contribution in [0.3, 0.4) is 0 Å². The largest absolute Gasteiger partial charge is 0.486 e. The Labute approximate surface area is 188 Å². The smallest absolute Gasteiger partial charge is 0.263 e. The van der Waals surface area contributed by atoms with Gasteiger partial charge in [0.15, 0.2) is 11.4 Å². The van der Waals surface area contributed by atoms with Crippen LogP contribution in [0.4, 0.5) is 0 Å². The minimum atomic E-state index is -0.0484. The quantitative estimate of drug-likeness (QED) is 0.394. The Morgan fingerprint density at radius 3 is 2.84 bits per heavy atom. The SMILES string of the molecule is Cc1cccc(OCc2ccc(-c3nc4c5c(C)c(C(=O)N(C)C)sc5ncn4n3)o2)c1. The fraction of sp³-hybridized carbons (Fsp3) is 0.217. The van der Waals surface area contributed by atoms with Gasteiger partial charge in [0.2, 0.25) is 5.82 Å². The van der Waals surface area contributed by atoms with Gasteiger partial charge < -0.3 is 14.1 Å². The summed E-state index contributed by atoms with van der Waals surface area (Å²) in [6.45, 7) is 4.24. The minimum absolute atomic E-state index is 0.0484. The monoisotopic (exact) mass is 447 g/mol. The van der Waals surface area contributed by atoms with E-state index >= 15 is 0 Å². The molecule has 0 aliphatic heterocycles. The number of aromatic nitrogens is 4. The molecular formula is C23H21N5O3S. The second-order valence-corrected chi connectivity index (χ2v) is 8.75. The van der Waals surface area contributed by atoms with Gasteiger partial charge in [-0.3, -0.25) is 4.79 Å². The normalized spacial score (nSPS) is 11.4. The molecule has 4 aromatic heterocycles. The molecule has 0 aliphatic carbocycles. The highest BCUT2D eigenvalue weighted by atomic mass is 32.1. The van der Waals surface area contributed by atoms with Crippen molar-refractivity contribution >= 4 is 33.1 Å². The summed E-state index contributed by atoms with van der Waals surface area (Å²) in [4.78, 5) is 24.7. The van der Waals surface area contributed by atoms with E-state index in [1.54, 1.807) is 29.8 Å². The van der Waals surface area contributed by atoms with Crippen LogP contribution >= 0.6 is 11.3 Å². The third-order valence-electron chi connectivity index (χ3n) is 5.12. The van der Waals surface area contributed by atoms with E-state index in [0.29, 0.717) is 34.5 Å². The Bertz CT molecular complexity index is 1460. The first-order valence-corrected chi connectivity index (χ1v) is 10.9. The Morgan fingerprint density at radius 2 is 2.06 bits per heavy atom. The van der Waals surface area contributed by atoms with Gasteiger partial charge in [-0.15, -0.1) is 16.4 Å². The molecule has 0 aliphatic rings. The molecule has 9 heteroatoms. The molecule has 8 nitrogen and oxygen atoms in total. The number of rotatable bonds is 5. The first kappa shape index (κ1) is 20.2. The van der Waals surface area contributed by atoms with E-state index in [4.69, 9.17) is 14.1 Å². The summed E-state index contributed by atoms with van der Waals surface area (Å²) in [5.74, 6) is 2.41. The van der Waals surface area contributed by atoms with Gasteiger partial charge in [-0.2, -0.15) is 0 Å². The molecule has 1 amide bonds. The molecule has 0 unspecified atom stereocenters. The van der Waals surface area contributed by atoms with Gasteiger partial charge >= 0.3 is 0 Å². The molecule has 1 aromatic carbocycles. The molecule has 0 spiro atoms. The van der Waals surface area contributed by atoms with Gasteiger partial charge in [0.25, 0.3) is 5.91 Å². The summed E-state index contributed by atoms with van der Waals surface area (Å²) < 4.78 is 13.4. The number of aryl methyl sites for hydroxylation is 2. The summed E-state index contributed by atoms with van der Waals surface area (Å²) in [5, 5.41) is 5.35. The van der Waals surface area contributed by atoms with E-state index in [2.05, 4.69) is 10.1 Å². The molecule has 0 saturated heterocycles. The number of benzene rings is 1. The minimum Gasteiger partial charge on any atom is -0.486 e. The lowest BCUT2D eigenvalue weighted by atomic mass is 10.2. The number of hydrogen-bond donors (Lipinski definition) is 0. The van der Waals surface area contributed by atoms with Gasteiger partial charge in [0.05, 0.1) is 10.3 Å². The molecule has 5 aromatic rings. The van der Waals surface area contributed by atoms with Crippen LogP contribution in [0.15, 0.2) is 47.1 Å². The molecule has 4 heterocycles. The van der Waals surface area contributed by atoms with Crippen molar-refractivity contribution < 1.29 is 13.9 Å². The van der Waals surface area contributed by atoms with Gasteiger partial charge in [0.1, 0.15) is 29.3 Å². The van der Waals surface area contributed by atoms with E-state index in [0.717, 1.165) is 27.1 Å². The summed E-state index contributed by atoms with van der Waals surface area (Å²) in [6, 6.07) is 11.6. The number of thiophene rings is 1. The van der Waals surface area contributed by atoms with E-state index in [1.807, 2.05) is 50.2 Å². The number of nitrogens with zero attached hydrogens (tertiary/aromatic N) is 5. The van der Waals surface area contributed by atoms with Crippen LogP contribution in [0.25, 0.3) is 27.4 Å². The Hall–Kier alpha value is -3.72. The van der Waals surface area contributed by atoms with Crippen molar-refractivity contribution in [3.8, 4) is 17.3 Å². The van der Waals surface area contributed by atoms with Crippen LogP contribution in [0.2, 0.25) is 0 Å². The number of fused-ring (bicyclic) bond motifs is 3. The van der Waals surface area contributed by atoms with E-state index in [-0.39, 0.29) is 5.91 Å². The highest BCUT2D eigenvalue weighted by Gasteiger charge is 2.22. The molecule has 0 radical (unpaired) electrons. The van der Waals surface area contributed by atoms with E-state index < -0.39 is 0 Å². The van der Waals surface area contributed by atoms with Crippen molar-refractivity contribution in [2.45, 2.75) is 20.5 Å². The molecule has 5 rings (SSSR count). The molecular weight excluding hydrogens is 426 g/mol. The standard InChI is InChI=1S/C23H21N5O3S/c1-13-6-5-7-15(10-13)30-11-16-8-9-17(31-16)20-25-21-18-14(2)19(23(29)27(3)4)32-22(18)24-12-28(21)26-20/h5-10,12H,11H2,1-4H3. The molecule has 162 valence electrons. The maximum Gasteiger partial charge on any atom is 0.263 e. The van der Waals surface area contributed by atoms with Crippen molar-refractivity contribution in [3.05, 3.63) is 64.5 Å². The van der Waals surface area contributed by atoms with Crippen molar-refractivity contribution in [1.29, 1.82) is 0 Å². The topological polar surface area (TPSA) is 85.8 Å². The van der Waals surface area contributed by atoms with Crippen LogP contribution in [0.5, 0.6) is 5.75 Å². The van der Waals surface area contributed by atoms with E-state index in [1.165, 1.54) is 11.3 Å². The molecule has 0 N–H and O–H groups in total. The molecule has 0 saturated carbocycles. The average molecular weight is 448 g/mol. The summed E-state index contributed by atoms with van der Waals surface area (Å²) in [6.07, 6.45) is 1.61. The molecule has 0 fully saturated rings. The third kappa shape index (κ3) is 3.50. The number of carbonyl (C=O) groups is 1. The van der Waals surface area contributed by atoms with Crippen LogP contribution in [0, 0.1) is 13.8 Å². The highest BCUT2D eigenvalue weighted by Crippen LogP contribution is 2.33. The second-order valence-electron chi connectivity index (χ2n) is 7.76. The zero-order valence-corrected chi connectivity index (χ0v) is 18.9. The predicted octanol–water partition coefficient (Wildman–Crippen LogP) is 4.50. The van der Waals surface area contributed by atoms with E-state index in [9.17, 15) is 4.79 Å². The van der Waals surface area contributed by atoms with Crippen molar-refractivity contribution in [2.24, 2.45) is 0 Å². The third-order valence-corrected chi connectivity index (χ3v) is 6.31. The lowest BCUT2D eigenvalue weighted by Gasteiger charge is -2.08. The van der Waals surface area contributed by atoms with Gasteiger partial charge in [-0.25, -0.2) is 14.5 Å². The number of amides is 1. The average Bonchev–Trinajstić information content (AvgIpc) is 3.48. The number of furan rings is 1. The zero-order chi connectivity index (χ0) is 22.4. The number of carbonyl (C=O) groups excluding carboxylic acids is 1. The number of hydrogen-bond acceptors (Lipinski definition) is 7. The maximum absolute atomic E-state index is 12.5. The lowest BCUT2D eigenvalue weighted by Crippen LogP contribution is -2.21. The fourth-order valence-corrected chi connectivity index (χ4v) is 4.65. The van der Waals surface area contributed by atoms with Crippen molar-refractivity contribution in [2.75, 3.05) is 14.1 Å². The van der Waals surface area contributed by atoms with Gasteiger partial charge in [-0.1, -0.05) is 12.1 Å². The maximum atomic E-state index is 12.5. The van der Waals surface area contributed by atoms with Crippen LogP contribution in [0.1, 0.15) is 26.6 Å². The Balaban J connectivity index is 1.46. The highest BCUT2D eigenvalue weighted by molar-refractivity contribution is 7.20. The Kier molecular flexibility index (Phi) is 4.90. The molecule has 0 bridgehead atoms. The van der Waals surface area contributed by atoms with Crippen LogP contribution in [-0.4, -0.2) is 44.5 Å². The lowest BCUT2D eigenvalue weighted by molar-refractivity contribution is 0.0831. The van der Waals surface area contributed by atoms with Crippen molar-refractivity contribution in [3.63, 3.8) is 0 Å². The predicted molar refractivity (Wildman–Crippen MR) is 122 cm³/mol.